The van der Waals surface area contributed by atoms with E-state index < -0.39 is 0 Å². The third-order valence-corrected chi connectivity index (χ3v) is 3.17. The zero-order valence-corrected chi connectivity index (χ0v) is 11.8. The highest BCUT2D eigenvalue weighted by Crippen LogP contribution is 2.21. The van der Waals surface area contributed by atoms with Gasteiger partial charge >= 0.3 is 0 Å². The van der Waals surface area contributed by atoms with Gasteiger partial charge in [-0.25, -0.2) is 9.97 Å². The zero-order valence-electron chi connectivity index (χ0n) is 11.8. The van der Waals surface area contributed by atoms with Gasteiger partial charge in [0.05, 0.1) is 16.7 Å². The summed E-state index contributed by atoms with van der Waals surface area (Å²) in [6.45, 7) is 7.25. The van der Waals surface area contributed by atoms with Gasteiger partial charge in [0.1, 0.15) is 0 Å². The fraction of sp³-hybridized carbons (Fsp3) is 0.467. The van der Waals surface area contributed by atoms with Gasteiger partial charge in [0.2, 0.25) is 0 Å². The summed E-state index contributed by atoms with van der Waals surface area (Å²) in [7, 11) is 0. The SMILES string of the molecule is Cc1nc2ccccc2nc1N(CCCO)C(C)C. The Labute approximate surface area is 114 Å². The van der Waals surface area contributed by atoms with E-state index in [1.807, 2.05) is 31.2 Å². The molecule has 0 atom stereocenters. The van der Waals surface area contributed by atoms with Crippen molar-refractivity contribution in [2.45, 2.75) is 33.2 Å². The molecule has 0 aliphatic heterocycles. The van der Waals surface area contributed by atoms with E-state index in [4.69, 9.17) is 10.1 Å². The van der Waals surface area contributed by atoms with Gasteiger partial charge in [-0.3, -0.25) is 0 Å². The minimum atomic E-state index is 0.198. The van der Waals surface area contributed by atoms with Crippen molar-refractivity contribution in [1.82, 2.24) is 9.97 Å². The molecule has 0 fully saturated rings. The van der Waals surface area contributed by atoms with Gasteiger partial charge in [-0.05, 0) is 39.3 Å². The van der Waals surface area contributed by atoms with Crippen LogP contribution < -0.4 is 4.90 Å². The number of para-hydroxylation sites is 2. The number of hydrogen-bond acceptors (Lipinski definition) is 4. The number of anilines is 1. The van der Waals surface area contributed by atoms with Crippen LogP contribution in [0.25, 0.3) is 11.0 Å². The molecule has 19 heavy (non-hydrogen) atoms. The lowest BCUT2D eigenvalue weighted by molar-refractivity contribution is 0.288. The van der Waals surface area contributed by atoms with E-state index >= 15 is 0 Å². The van der Waals surface area contributed by atoms with Crippen LogP contribution >= 0.6 is 0 Å². The lowest BCUT2D eigenvalue weighted by Crippen LogP contribution is -2.33. The summed E-state index contributed by atoms with van der Waals surface area (Å²) < 4.78 is 0. The van der Waals surface area contributed by atoms with Crippen molar-refractivity contribution in [3.63, 3.8) is 0 Å². The maximum Gasteiger partial charge on any atom is 0.151 e. The van der Waals surface area contributed by atoms with Gasteiger partial charge in [-0.1, -0.05) is 12.1 Å². The first kappa shape index (κ1) is 13.7. The quantitative estimate of drug-likeness (QED) is 0.896. The van der Waals surface area contributed by atoms with Crippen LogP contribution in [0.1, 0.15) is 26.0 Å². The Balaban J connectivity index is 2.43. The second-order valence-electron chi connectivity index (χ2n) is 4.99. The van der Waals surface area contributed by atoms with E-state index in [0.29, 0.717) is 6.04 Å². The number of fused-ring (bicyclic) bond motifs is 1. The zero-order chi connectivity index (χ0) is 13.8. The molecule has 0 saturated carbocycles. The number of hydrogen-bond donors (Lipinski definition) is 1. The molecule has 2 aromatic rings. The third kappa shape index (κ3) is 3.01. The van der Waals surface area contributed by atoms with E-state index in [9.17, 15) is 0 Å². The number of aliphatic hydroxyl groups excluding tert-OH is 1. The number of rotatable bonds is 5. The summed E-state index contributed by atoms with van der Waals surface area (Å²) in [5.41, 5.74) is 2.78. The predicted molar refractivity (Wildman–Crippen MR) is 78.5 cm³/mol. The summed E-state index contributed by atoms with van der Waals surface area (Å²) in [5.74, 6) is 0.919. The minimum absolute atomic E-state index is 0.198. The molecule has 0 spiro atoms. The molecule has 102 valence electrons. The molecule has 0 saturated heterocycles. The lowest BCUT2D eigenvalue weighted by Gasteiger charge is -2.28. The van der Waals surface area contributed by atoms with Crippen molar-refractivity contribution in [2.24, 2.45) is 0 Å². The Kier molecular flexibility index (Phi) is 4.32. The number of aromatic nitrogens is 2. The van der Waals surface area contributed by atoms with Crippen LogP contribution in [0.2, 0.25) is 0 Å². The highest BCUT2D eigenvalue weighted by atomic mass is 16.3. The summed E-state index contributed by atoms with van der Waals surface area (Å²) in [6.07, 6.45) is 0.742. The average Bonchev–Trinajstić information content (AvgIpc) is 2.39. The molecule has 2 rings (SSSR count). The van der Waals surface area contributed by atoms with Crippen molar-refractivity contribution in [3.05, 3.63) is 30.0 Å². The van der Waals surface area contributed by atoms with E-state index in [1.165, 1.54) is 0 Å². The molecule has 0 unspecified atom stereocenters. The second-order valence-corrected chi connectivity index (χ2v) is 4.99. The van der Waals surface area contributed by atoms with Gasteiger partial charge in [0.15, 0.2) is 5.82 Å². The summed E-state index contributed by atoms with van der Waals surface area (Å²) >= 11 is 0. The number of nitrogens with zero attached hydrogens (tertiary/aromatic N) is 3. The molecule has 1 aromatic heterocycles. The number of benzene rings is 1. The maximum absolute atomic E-state index is 9.02. The third-order valence-electron chi connectivity index (χ3n) is 3.17. The average molecular weight is 259 g/mol. The first-order valence-electron chi connectivity index (χ1n) is 6.74. The molecule has 1 aromatic carbocycles. The second kappa shape index (κ2) is 5.97. The molecule has 4 nitrogen and oxygen atoms in total. The van der Waals surface area contributed by atoms with Gasteiger partial charge in [-0.2, -0.15) is 0 Å². The van der Waals surface area contributed by atoms with E-state index in [0.717, 1.165) is 35.5 Å². The van der Waals surface area contributed by atoms with Crippen LogP contribution in [0.4, 0.5) is 5.82 Å². The first-order valence-corrected chi connectivity index (χ1v) is 6.74. The molecule has 4 heteroatoms. The molecule has 0 bridgehead atoms. The highest BCUT2D eigenvalue weighted by molar-refractivity contribution is 5.76. The lowest BCUT2D eigenvalue weighted by atomic mass is 10.2. The van der Waals surface area contributed by atoms with Crippen LogP contribution in [0.5, 0.6) is 0 Å². The molecular formula is C15H21N3O. The molecule has 0 radical (unpaired) electrons. The smallest absolute Gasteiger partial charge is 0.151 e. The highest BCUT2D eigenvalue weighted by Gasteiger charge is 2.15. The fourth-order valence-electron chi connectivity index (χ4n) is 2.20. The van der Waals surface area contributed by atoms with Crippen molar-refractivity contribution in [2.75, 3.05) is 18.1 Å². The Morgan fingerprint density at radius 3 is 2.37 bits per heavy atom. The van der Waals surface area contributed by atoms with E-state index in [1.54, 1.807) is 0 Å². The predicted octanol–water partition coefficient (Wildman–Crippen LogP) is 2.54. The Bertz CT molecular complexity index is 554. The van der Waals surface area contributed by atoms with E-state index in [-0.39, 0.29) is 6.61 Å². The Morgan fingerprint density at radius 1 is 1.16 bits per heavy atom. The van der Waals surface area contributed by atoms with Crippen molar-refractivity contribution in [3.8, 4) is 0 Å². The Morgan fingerprint density at radius 2 is 1.79 bits per heavy atom. The van der Waals surface area contributed by atoms with Gasteiger partial charge in [0.25, 0.3) is 0 Å². The van der Waals surface area contributed by atoms with Crippen molar-refractivity contribution >= 4 is 16.9 Å². The van der Waals surface area contributed by atoms with E-state index in [2.05, 4.69) is 23.7 Å². The fourth-order valence-corrected chi connectivity index (χ4v) is 2.20. The van der Waals surface area contributed by atoms with Gasteiger partial charge in [-0.15, -0.1) is 0 Å². The first-order chi connectivity index (χ1) is 9.13. The molecule has 1 N–H and O–H groups in total. The van der Waals surface area contributed by atoms with Gasteiger partial charge < -0.3 is 10.0 Å². The number of aliphatic hydroxyl groups is 1. The number of aryl methyl sites for hydroxylation is 1. The van der Waals surface area contributed by atoms with Crippen molar-refractivity contribution in [1.29, 1.82) is 0 Å². The van der Waals surface area contributed by atoms with Crippen LogP contribution in [-0.4, -0.2) is 34.3 Å². The summed E-state index contributed by atoms with van der Waals surface area (Å²) in [4.78, 5) is 11.6. The molecule has 0 aliphatic carbocycles. The summed E-state index contributed by atoms with van der Waals surface area (Å²) in [5, 5.41) is 9.02. The molecule has 0 amide bonds. The monoisotopic (exact) mass is 259 g/mol. The van der Waals surface area contributed by atoms with Crippen LogP contribution in [0, 0.1) is 6.92 Å². The Hall–Kier alpha value is -1.68. The maximum atomic E-state index is 9.02. The summed E-state index contributed by atoms with van der Waals surface area (Å²) in [6, 6.07) is 8.24. The minimum Gasteiger partial charge on any atom is -0.396 e. The van der Waals surface area contributed by atoms with Crippen molar-refractivity contribution < 1.29 is 5.11 Å². The molecule has 1 heterocycles. The molecule has 0 aliphatic rings. The van der Waals surface area contributed by atoms with Gasteiger partial charge in [0, 0.05) is 19.2 Å². The molecular weight excluding hydrogens is 238 g/mol. The van der Waals surface area contributed by atoms with Crippen LogP contribution in [0.15, 0.2) is 24.3 Å². The van der Waals surface area contributed by atoms with Crippen LogP contribution in [0.3, 0.4) is 0 Å². The standard InChI is InChI=1S/C15H21N3O/c1-11(2)18(9-6-10-19)15-12(3)16-13-7-4-5-8-14(13)17-15/h4-5,7-8,11,19H,6,9-10H2,1-3H3. The normalized spacial score (nSPS) is 11.2. The largest absolute Gasteiger partial charge is 0.396 e. The van der Waals surface area contributed by atoms with Crippen LogP contribution in [-0.2, 0) is 0 Å². The topological polar surface area (TPSA) is 49.2 Å².